The maximum atomic E-state index is 12.0. The number of hydrogen-bond donors (Lipinski definition) is 1. The predicted octanol–water partition coefficient (Wildman–Crippen LogP) is 1.82. The van der Waals surface area contributed by atoms with E-state index < -0.39 is 0 Å². The van der Waals surface area contributed by atoms with Crippen LogP contribution in [0.25, 0.3) is 5.78 Å². The van der Waals surface area contributed by atoms with Crippen LogP contribution < -0.4 is 5.32 Å². The molecule has 0 spiro atoms. The second-order valence-electron chi connectivity index (χ2n) is 4.67. The Labute approximate surface area is 112 Å². The molecule has 2 heterocycles. The van der Waals surface area contributed by atoms with E-state index in [-0.39, 0.29) is 17.8 Å². The van der Waals surface area contributed by atoms with Crippen molar-refractivity contribution < 1.29 is 4.79 Å². The van der Waals surface area contributed by atoms with E-state index in [1.54, 1.807) is 18.5 Å². The molecule has 1 unspecified atom stereocenters. The second-order valence-corrected chi connectivity index (χ2v) is 4.67. The Balaban J connectivity index is 1.95. The molecule has 0 aliphatic heterocycles. The van der Waals surface area contributed by atoms with Crippen LogP contribution in [0.2, 0.25) is 0 Å². The minimum Gasteiger partial charge on any atom is -0.347 e. The van der Waals surface area contributed by atoms with E-state index in [0.717, 1.165) is 12.8 Å². The van der Waals surface area contributed by atoms with Crippen molar-refractivity contribution in [3.8, 4) is 0 Å². The highest BCUT2D eigenvalue weighted by Gasteiger charge is 2.15. The number of hydrogen-bond acceptors (Lipinski definition) is 4. The highest BCUT2D eigenvalue weighted by molar-refractivity contribution is 5.90. The lowest BCUT2D eigenvalue weighted by molar-refractivity contribution is 0.0927. The van der Waals surface area contributed by atoms with Gasteiger partial charge in [0.15, 0.2) is 0 Å². The molecule has 1 atom stereocenters. The van der Waals surface area contributed by atoms with Gasteiger partial charge in [-0.15, -0.1) is 5.10 Å². The first kappa shape index (κ1) is 13.5. The van der Waals surface area contributed by atoms with Crippen molar-refractivity contribution in [2.24, 2.45) is 0 Å². The van der Waals surface area contributed by atoms with E-state index in [2.05, 4.69) is 27.3 Å². The maximum absolute atomic E-state index is 12.0. The fourth-order valence-electron chi connectivity index (χ4n) is 1.89. The summed E-state index contributed by atoms with van der Waals surface area (Å²) in [4.78, 5) is 20.1. The Morgan fingerprint density at radius 2 is 2.32 bits per heavy atom. The van der Waals surface area contributed by atoms with Gasteiger partial charge >= 0.3 is 0 Å². The molecule has 2 aromatic rings. The van der Waals surface area contributed by atoms with Crippen molar-refractivity contribution in [2.45, 2.75) is 45.6 Å². The van der Waals surface area contributed by atoms with Gasteiger partial charge in [-0.25, -0.2) is 9.50 Å². The quantitative estimate of drug-likeness (QED) is 0.805. The molecule has 19 heavy (non-hydrogen) atoms. The standard InChI is InChI=1S/C13H19N5O/c1-3-4-5-7-10(2)15-12(19)11-16-13-14-8-6-9-18(13)17-11/h6,8-10H,3-5,7H2,1-2H3,(H,15,19). The maximum Gasteiger partial charge on any atom is 0.291 e. The van der Waals surface area contributed by atoms with Crippen molar-refractivity contribution in [3.63, 3.8) is 0 Å². The molecule has 0 radical (unpaired) electrons. The van der Waals surface area contributed by atoms with Crippen LogP contribution in [0.1, 0.15) is 50.1 Å². The zero-order valence-electron chi connectivity index (χ0n) is 11.3. The third-order valence-corrected chi connectivity index (χ3v) is 2.94. The minimum atomic E-state index is -0.241. The van der Waals surface area contributed by atoms with E-state index in [1.165, 1.54) is 17.4 Å². The van der Waals surface area contributed by atoms with Gasteiger partial charge in [0.1, 0.15) is 0 Å². The minimum absolute atomic E-state index is 0.138. The van der Waals surface area contributed by atoms with Gasteiger partial charge in [-0.05, 0) is 19.4 Å². The summed E-state index contributed by atoms with van der Waals surface area (Å²) in [5.74, 6) is 0.363. The van der Waals surface area contributed by atoms with Crippen LogP contribution >= 0.6 is 0 Å². The SMILES string of the molecule is CCCCCC(C)NC(=O)c1nc2ncccn2n1. The number of amides is 1. The average molecular weight is 261 g/mol. The number of rotatable bonds is 6. The molecule has 0 fully saturated rings. The summed E-state index contributed by atoms with van der Waals surface area (Å²) in [6.45, 7) is 4.17. The Kier molecular flexibility index (Phi) is 4.43. The Morgan fingerprint density at radius 3 is 3.05 bits per heavy atom. The van der Waals surface area contributed by atoms with Gasteiger partial charge in [-0.1, -0.05) is 26.2 Å². The summed E-state index contributed by atoms with van der Waals surface area (Å²) in [5, 5.41) is 7.00. The molecule has 2 aromatic heterocycles. The van der Waals surface area contributed by atoms with Gasteiger partial charge in [0.2, 0.25) is 5.82 Å². The molecule has 102 valence electrons. The molecule has 0 aliphatic carbocycles. The van der Waals surface area contributed by atoms with Crippen molar-refractivity contribution in [2.75, 3.05) is 0 Å². The fraction of sp³-hybridized carbons (Fsp3) is 0.538. The van der Waals surface area contributed by atoms with E-state index in [9.17, 15) is 4.79 Å². The molecule has 6 nitrogen and oxygen atoms in total. The smallest absolute Gasteiger partial charge is 0.291 e. The topological polar surface area (TPSA) is 72.2 Å². The van der Waals surface area contributed by atoms with Gasteiger partial charge < -0.3 is 5.32 Å². The number of nitrogens with one attached hydrogen (secondary N) is 1. The monoisotopic (exact) mass is 261 g/mol. The molecular weight excluding hydrogens is 242 g/mol. The van der Waals surface area contributed by atoms with Gasteiger partial charge in [0.05, 0.1) is 0 Å². The van der Waals surface area contributed by atoms with Crippen LogP contribution in [0.5, 0.6) is 0 Å². The van der Waals surface area contributed by atoms with Crippen molar-refractivity contribution in [1.29, 1.82) is 0 Å². The van der Waals surface area contributed by atoms with E-state index in [1.807, 2.05) is 6.92 Å². The first-order chi connectivity index (χ1) is 9.20. The van der Waals surface area contributed by atoms with Crippen molar-refractivity contribution in [3.05, 3.63) is 24.3 Å². The van der Waals surface area contributed by atoms with Crippen LogP contribution in [0, 0.1) is 0 Å². The van der Waals surface area contributed by atoms with E-state index in [0.29, 0.717) is 5.78 Å². The summed E-state index contributed by atoms with van der Waals surface area (Å²) in [5.41, 5.74) is 0. The lowest BCUT2D eigenvalue weighted by Crippen LogP contribution is -2.33. The number of unbranched alkanes of at least 4 members (excludes halogenated alkanes) is 2. The molecular formula is C13H19N5O. The molecule has 0 saturated heterocycles. The van der Waals surface area contributed by atoms with Gasteiger partial charge in [-0.2, -0.15) is 4.98 Å². The lowest BCUT2D eigenvalue weighted by Gasteiger charge is -2.11. The molecule has 1 amide bonds. The van der Waals surface area contributed by atoms with Crippen LogP contribution in [0.15, 0.2) is 18.5 Å². The van der Waals surface area contributed by atoms with Crippen LogP contribution in [0.3, 0.4) is 0 Å². The van der Waals surface area contributed by atoms with Crippen LogP contribution in [-0.4, -0.2) is 31.5 Å². The highest BCUT2D eigenvalue weighted by atomic mass is 16.2. The second kappa shape index (κ2) is 6.26. The Morgan fingerprint density at radius 1 is 1.47 bits per heavy atom. The number of carbonyl (C=O) groups excluding carboxylic acids is 1. The van der Waals surface area contributed by atoms with Crippen molar-refractivity contribution >= 4 is 11.7 Å². The summed E-state index contributed by atoms with van der Waals surface area (Å²) in [6, 6.07) is 1.88. The molecule has 6 heteroatoms. The van der Waals surface area contributed by atoms with Gasteiger partial charge in [0, 0.05) is 18.4 Å². The number of nitrogens with zero attached hydrogens (tertiary/aromatic N) is 4. The average Bonchev–Trinajstić information content (AvgIpc) is 2.83. The number of carbonyl (C=O) groups is 1. The van der Waals surface area contributed by atoms with Crippen LogP contribution in [0.4, 0.5) is 0 Å². The third-order valence-electron chi connectivity index (χ3n) is 2.94. The predicted molar refractivity (Wildman–Crippen MR) is 71.9 cm³/mol. The van der Waals surface area contributed by atoms with E-state index >= 15 is 0 Å². The molecule has 0 saturated carbocycles. The van der Waals surface area contributed by atoms with Gasteiger partial charge in [-0.3, -0.25) is 4.79 Å². The molecule has 1 N–H and O–H groups in total. The Hall–Kier alpha value is -1.98. The summed E-state index contributed by atoms with van der Waals surface area (Å²) in [6.07, 6.45) is 7.82. The summed E-state index contributed by atoms with van der Waals surface area (Å²) < 4.78 is 1.50. The normalized spacial score (nSPS) is 12.5. The fourth-order valence-corrected chi connectivity index (χ4v) is 1.89. The highest BCUT2D eigenvalue weighted by Crippen LogP contribution is 2.04. The number of fused-ring (bicyclic) bond motifs is 1. The summed E-state index contributed by atoms with van der Waals surface area (Å²) >= 11 is 0. The number of aromatic nitrogens is 4. The van der Waals surface area contributed by atoms with Crippen molar-refractivity contribution in [1.82, 2.24) is 24.9 Å². The lowest BCUT2D eigenvalue weighted by atomic mass is 10.1. The zero-order valence-corrected chi connectivity index (χ0v) is 11.3. The van der Waals surface area contributed by atoms with E-state index in [4.69, 9.17) is 0 Å². The molecule has 0 bridgehead atoms. The zero-order chi connectivity index (χ0) is 13.7. The molecule has 0 aromatic carbocycles. The largest absolute Gasteiger partial charge is 0.347 e. The molecule has 2 rings (SSSR count). The Bertz CT molecular complexity index is 518. The summed E-state index contributed by atoms with van der Waals surface area (Å²) in [7, 11) is 0. The third kappa shape index (κ3) is 3.49. The molecule has 0 aliphatic rings. The van der Waals surface area contributed by atoms with Gasteiger partial charge in [0.25, 0.3) is 11.7 Å². The van der Waals surface area contributed by atoms with Crippen LogP contribution in [-0.2, 0) is 0 Å². The first-order valence-electron chi connectivity index (χ1n) is 6.69. The first-order valence-corrected chi connectivity index (χ1v) is 6.69.